The van der Waals surface area contributed by atoms with Crippen molar-refractivity contribution in [3.05, 3.63) is 60.7 Å². The molecular weight excluding hydrogens is 411 g/mol. The maximum atomic E-state index is 14.1. The molecule has 1 fully saturated rings. The second-order valence-corrected chi connectivity index (χ2v) is 8.55. The summed E-state index contributed by atoms with van der Waals surface area (Å²) in [4.78, 5) is 39.8. The van der Waals surface area contributed by atoms with Gasteiger partial charge in [0, 0.05) is 14.1 Å². The molecule has 3 rings (SSSR count). The number of carbonyl (C=O) groups excluding carboxylic acids is 3. The van der Waals surface area contributed by atoms with Gasteiger partial charge in [0.2, 0.25) is 0 Å². The van der Waals surface area contributed by atoms with Crippen LogP contribution in [0.25, 0.3) is 0 Å². The Morgan fingerprint density at radius 2 is 1.37 bits per heavy atom. The number of rotatable bonds is 6. The summed E-state index contributed by atoms with van der Waals surface area (Å²) in [6.45, 7) is 0. The molecule has 2 aromatic rings. The first-order valence-corrected chi connectivity index (χ1v) is 10.6. The van der Waals surface area contributed by atoms with Gasteiger partial charge in [0.25, 0.3) is 5.91 Å². The lowest BCUT2D eigenvalue weighted by atomic mass is 10.1. The number of imide groups is 1. The fraction of sp³-hybridized carbons (Fsp3) is 0.250. The molecule has 0 bridgehead atoms. The number of nitrogens with zero attached hydrogens (tertiary/aromatic N) is 2. The van der Waals surface area contributed by atoms with E-state index in [1.165, 1.54) is 14.1 Å². The Hall–Kier alpha value is -3.32. The van der Waals surface area contributed by atoms with E-state index in [4.69, 9.17) is 13.8 Å². The predicted octanol–water partition coefficient (Wildman–Crippen LogP) is 2.77. The van der Waals surface area contributed by atoms with Gasteiger partial charge in [-0.15, -0.1) is 0 Å². The summed E-state index contributed by atoms with van der Waals surface area (Å²) in [6, 6.07) is 14.0. The van der Waals surface area contributed by atoms with E-state index < -0.39 is 37.2 Å². The molecule has 158 valence electrons. The van der Waals surface area contributed by atoms with Gasteiger partial charge in [0.15, 0.2) is 11.7 Å². The lowest BCUT2D eigenvalue weighted by Crippen LogP contribution is -2.64. The first kappa shape index (κ1) is 21.4. The van der Waals surface area contributed by atoms with E-state index in [1.54, 1.807) is 60.7 Å². The smallest absolute Gasteiger partial charge is 0.445 e. The number of ether oxygens (including phenoxy) is 1. The average Bonchev–Trinajstić information content (AvgIpc) is 2.75. The van der Waals surface area contributed by atoms with Crippen LogP contribution in [0.3, 0.4) is 0 Å². The van der Waals surface area contributed by atoms with Crippen LogP contribution in [0.2, 0.25) is 0 Å². The molecule has 1 heterocycles. The molecule has 1 aliphatic heterocycles. The zero-order valence-electron chi connectivity index (χ0n) is 16.6. The molecule has 0 radical (unpaired) electrons. The highest BCUT2D eigenvalue weighted by Crippen LogP contribution is 2.56. The lowest BCUT2D eigenvalue weighted by molar-refractivity contribution is -0.150. The van der Waals surface area contributed by atoms with Crippen LogP contribution < -0.4 is 9.05 Å². The Bertz CT molecular complexity index is 938. The van der Waals surface area contributed by atoms with Gasteiger partial charge in [-0.25, -0.2) is 14.2 Å². The molecule has 30 heavy (non-hydrogen) atoms. The average molecular weight is 432 g/mol. The SMILES string of the molecule is COC(=O)C1C(P(=O)(Oc2ccccc2)Oc2ccccc2)C(=O)N(C)C(=O)N1C. The van der Waals surface area contributed by atoms with Crippen LogP contribution in [0.1, 0.15) is 0 Å². The number of methoxy groups -OCH3 is 1. The van der Waals surface area contributed by atoms with E-state index in [9.17, 15) is 18.9 Å². The predicted molar refractivity (Wildman–Crippen MR) is 107 cm³/mol. The molecular formula is C20H21N2O7P. The van der Waals surface area contributed by atoms with Gasteiger partial charge in [0.05, 0.1) is 7.11 Å². The molecule has 0 aliphatic carbocycles. The van der Waals surface area contributed by atoms with E-state index in [1.807, 2.05) is 0 Å². The van der Waals surface area contributed by atoms with Gasteiger partial charge >= 0.3 is 19.6 Å². The Morgan fingerprint density at radius 3 is 1.80 bits per heavy atom. The number of hydrogen-bond donors (Lipinski definition) is 0. The van der Waals surface area contributed by atoms with E-state index >= 15 is 0 Å². The molecule has 1 aliphatic rings. The number of amides is 3. The van der Waals surface area contributed by atoms with Crippen LogP contribution in [0.5, 0.6) is 11.5 Å². The van der Waals surface area contributed by atoms with Gasteiger partial charge in [-0.05, 0) is 24.3 Å². The number of hydrogen-bond acceptors (Lipinski definition) is 7. The van der Waals surface area contributed by atoms with E-state index in [2.05, 4.69) is 0 Å². The Labute approximate surface area is 173 Å². The number of benzene rings is 2. The quantitative estimate of drug-likeness (QED) is 0.511. The maximum Gasteiger partial charge on any atom is 0.445 e. The summed E-state index contributed by atoms with van der Waals surface area (Å²) in [6.07, 6.45) is 0. The topological polar surface area (TPSA) is 102 Å². The number of likely N-dealkylation sites (N-methyl/N-ethyl adjacent to an activating group) is 1. The third-order valence-corrected chi connectivity index (χ3v) is 6.74. The summed E-state index contributed by atoms with van der Waals surface area (Å²) < 4.78 is 30.3. The highest BCUT2D eigenvalue weighted by atomic mass is 31.2. The lowest BCUT2D eigenvalue weighted by Gasteiger charge is -2.41. The van der Waals surface area contributed by atoms with Crippen molar-refractivity contribution in [1.82, 2.24) is 9.80 Å². The van der Waals surface area contributed by atoms with Crippen molar-refractivity contribution < 1.29 is 32.7 Å². The standard InChI is InChI=1S/C20H21N2O7P/c1-21-16(19(24)27-3)17(18(23)22(2)20(21)25)30(26,28-14-10-6-4-7-11-14)29-15-12-8-5-9-13-15/h4-13,16-17H,1-3H3. The second-order valence-electron chi connectivity index (χ2n) is 6.55. The summed E-state index contributed by atoms with van der Waals surface area (Å²) >= 11 is 0. The fourth-order valence-electron chi connectivity index (χ4n) is 3.10. The minimum absolute atomic E-state index is 0.176. The number of para-hydroxylation sites is 2. The van der Waals surface area contributed by atoms with Crippen molar-refractivity contribution in [2.75, 3.05) is 21.2 Å². The molecule has 0 saturated carbocycles. The molecule has 3 amide bonds. The van der Waals surface area contributed by atoms with Gasteiger partial charge in [0.1, 0.15) is 11.5 Å². The summed E-state index contributed by atoms with van der Waals surface area (Å²) in [5.41, 5.74) is -1.64. The van der Waals surface area contributed by atoms with Gasteiger partial charge < -0.3 is 18.7 Å². The Kier molecular flexibility index (Phi) is 6.12. The van der Waals surface area contributed by atoms with Crippen LogP contribution in [-0.4, -0.2) is 60.6 Å². The summed E-state index contributed by atoms with van der Waals surface area (Å²) in [5, 5.41) is 0. The highest BCUT2D eigenvalue weighted by Gasteiger charge is 2.59. The van der Waals surface area contributed by atoms with Crippen LogP contribution in [0.4, 0.5) is 4.79 Å². The minimum atomic E-state index is -4.41. The monoisotopic (exact) mass is 432 g/mol. The third-order valence-electron chi connectivity index (χ3n) is 4.62. The van der Waals surface area contributed by atoms with Gasteiger partial charge in [-0.3, -0.25) is 9.69 Å². The summed E-state index contributed by atoms with van der Waals surface area (Å²) in [7, 11) is -0.745. The van der Waals surface area contributed by atoms with Crippen molar-refractivity contribution in [3.63, 3.8) is 0 Å². The van der Waals surface area contributed by atoms with Crippen molar-refractivity contribution in [1.29, 1.82) is 0 Å². The van der Waals surface area contributed by atoms with Crippen molar-refractivity contribution in [2.45, 2.75) is 11.7 Å². The fourth-order valence-corrected chi connectivity index (χ4v) is 5.31. The first-order chi connectivity index (χ1) is 14.3. The molecule has 2 aromatic carbocycles. The molecule has 0 N–H and O–H groups in total. The Morgan fingerprint density at radius 1 is 0.900 bits per heavy atom. The second kappa shape index (κ2) is 8.59. The zero-order chi connectivity index (χ0) is 21.9. The van der Waals surface area contributed by atoms with Crippen LogP contribution in [0, 0.1) is 0 Å². The molecule has 2 unspecified atom stereocenters. The largest absolute Gasteiger partial charge is 0.467 e. The van der Waals surface area contributed by atoms with Crippen LogP contribution in [0.15, 0.2) is 60.7 Å². The molecule has 0 spiro atoms. The van der Waals surface area contributed by atoms with Crippen molar-refractivity contribution >= 4 is 25.5 Å². The zero-order valence-corrected chi connectivity index (χ0v) is 17.5. The molecule has 9 nitrogen and oxygen atoms in total. The van der Waals surface area contributed by atoms with E-state index in [-0.39, 0.29) is 11.5 Å². The first-order valence-electron chi connectivity index (χ1n) is 8.99. The van der Waals surface area contributed by atoms with E-state index in [0.29, 0.717) is 0 Å². The van der Waals surface area contributed by atoms with Crippen molar-refractivity contribution in [3.8, 4) is 11.5 Å². The highest BCUT2D eigenvalue weighted by molar-refractivity contribution is 7.56. The molecule has 0 aromatic heterocycles. The Balaban J connectivity index is 2.13. The normalized spacial score (nSPS) is 19.4. The van der Waals surface area contributed by atoms with E-state index in [0.717, 1.165) is 16.9 Å². The van der Waals surface area contributed by atoms with Crippen LogP contribution >= 0.6 is 7.60 Å². The molecule has 1 saturated heterocycles. The molecule has 2 atom stereocenters. The van der Waals surface area contributed by atoms with Crippen LogP contribution in [-0.2, 0) is 18.9 Å². The third kappa shape index (κ3) is 4.02. The number of esters is 1. The number of urea groups is 1. The van der Waals surface area contributed by atoms with Gasteiger partial charge in [-0.2, -0.15) is 0 Å². The maximum absolute atomic E-state index is 14.1. The van der Waals surface area contributed by atoms with Crippen molar-refractivity contribution in [2.24, 2.45) is 0 Å². The summed E-state index contributed by atoms with van der Waals surface area (Å²) in [5.74, 6) is -1.43. The van der Waals surface area contributed by atoms with Gasteiger partial charge in [-0.1, -0.05) is 36.4 Å². The molecule has 10 heteroatoms. The number of carbonyl (C=O) groups is 3. The minimum Gasteiger partial charge on any atom is -0.467 e.